The van der Waals surface area contributed by atoms with Gasteiger partial charge in [-0.3, -0.25) is 4.99 Å². The molecule has 0 fully saturated rings. The van der Waals surface area contributed by atoms with Crippen LogP contribution in [0.3, 0.4) is 0 Å². The van der Waals surface area contributed by atoms with Crippen LogP contribution in [0.4, 0.5) is 5.69 Å². The molecule has 0 saturated heterocycles. The van der Waals surface area contributed by atoms with Gasteiger partial charge in [0.25, 0.3) is 0 Å². The number of hydrogen-bond acceptors (Lipinski definition) is 6. The van der Waals surface area contributed by atoms with Crippen LogP contribution < -0.4 is 5.32 Å². The van der Waals surface area contributed by atoms with Gasteiger partial charge >= 0.3 is 0 Å². The van der Waals surface area contributed by atoms with E-state index in [4.69, 9.17) is 16.6 Å². The Morgan fingerprint density at radius 2 is 2.22 bits per heavy atom. The first-order valence-electron chi connectivity index (χ1n) is 8.67. The summed E-state index contributed by atoms with van der Waals surface area (Å²) in [5.41, 5.74) is 3.51. The van der Waals surface area contributed by atoms with Gasteiger partial charge in [-0.2, -0.15) is 0 Å². The van der Waals surface area contributed by atoms with Gasteiger partial charge in [0.05, 0.1) is 18.8 Å². The van der Waals surface area contributed by atoms with Crippen molar-refractivity contribution in [3.05, 3.63) is 39.9 Å². The molecule has 9 heteroatoms. The zero-order chi connectivity index (χ0) is 17.2. The topological polar surface area (TPSA) is 40.0 Å². The molecule has 0 aromatic heterocycles. The monoisotopic (exact) mass is 464 g/mol. The normalized spacial score (nSPS) is 19.7. The summed E-state index contributed by atoms with van der Waals surface area (Å²) in [4.78, 5) is 11.7. The van der Waals surface area contributed by atoms with E-state index in [1.54, 1.807) is 23.5 Å². The second kappa shape index (κ2) is 10.3. The highest BCUT2D eigenvalue weighted by Crippen LogP contribution is 2.38. The number of amidine groups is 2. The molecule has 27 heavy (non-hydrogen) atoms. The standard InChI is InChI=1S/C18H21ClN4S2.2ClH/c1-2-3-4-14-8-20-17(21-14)24-10-15-11-25-18-22-16-6-5-13(19)7-12(16)9-23(15)18;;/h5-7,11,14H,2-4,8-10H2,1H3,(H,20,21);2*1H. The summed E-state index contributed by atoms with van der Waals surface area (Å²) < 4.78 is 0. The lowest BCUT2D eigenvalue weighted by atomic mass is 10.1. The summed E-state index contributed by atoms with van der Waals surface area (Å²) in [6, 6.07) is 6.45. The fraction of sp³-hybridized carbons (Fsp3) is 0.444. The van der Waals surface area contributed by atoms with Crippen LogP contribution in [0.25, 0.3) is 0 Å². The van der Waals surface area contributed by atoms with Gasteiger partial charge in [0.1, 0.15) is 0 Å². The molecule has 0 saturated carbocycles. The zero-order valence-electron chi connectivity index (χ0n) is 15.0. The minimum atomic E-state index is 0. The predicted octanol–water partition coefficient (Wildman–Crippen LogP) is 5.83. The summed E-state index contributed by atoms with van der Waals surface area (Å²) in [6.07, 6.45) is 3.72. The van der Waals surface area contributed by atoms with Crippen molar-refractivity contribution in [2.75, 3.05) is 12.3 Å². The number of rotatable bonds is 5. The van der Waals surface area contributed by atoms with Crippen LogP contribution in [0.2, 0.25) is 5.02 Å². The van der Waals surface area contributed by atoms with Gasteiger partial charge in [-0.15, -0.1) is 24.8 Å². The van der Waals surface area contributed by atoms with Crippen LogP contribution in [-0.4, -0.2) is 33.6 Å². The molecule has 0 amide bonds. The molecule has 0 radical (unpaired) electrons. The third kappa shape index (κ3) is 5.30. The maximum Gasteiger partial charge on any atom is 0.173 e. The summed E-state index contributed by atoms with van der Waals surface area (Å²) in [5.74, 6) is 0.911. The lowest BCUT2D eigenvalue weighted by Crippen LogP contribution is -2.30. The predicted molar refractivity (Wildman–Crippen MR) is 125 cm³/mol. The molecule has 0 bridgehead atoms. The third-order valence-electron chi connectivity index (χ3n) is 4.51. The van der Waals surface area contributed by atoms with Crippen molar-refractivity contribution in [3.63, 3.8) is 0 Å². The molecule has 1 unspecified atom stereocenters. The number of nitrogens with one attached hydrogen (secondary N) is 1. The minimum absolute atomic E-state index is 0. The van der Waals surface area contributed by atoms with Crippen LogP contribution in [0, 0.1) is 0 Å². The molecule has 1 N–H and O–H groups in total. The van der Waals surface area contributed by atoms with Crippen molar-refractivity contribution in [2.24, 2.45) is 9.98 Å². The van der Waals surface area contributed by atoms with E-state index in [1.807, 2.05) is 18.2 Å². The quantitative estimate of drug-likeness (QED) is 0.594. The largest absolute Gasteiger partial charge is 0.360 e. The molecule has 0 spiro atoms. The van der Waals surface area contributed by atoms with Crippen LogP contribution in [-0.2, 0) is 6.54 Å². The highest BCUT2D eigenvalue weighted by Gasteiger charge is 2.28. The number of hydrogen-bond donors (Lipinski definition) is 1. The highest BCUT2D eigenvalue weighted by atomic mass is 35.5. The molecule has 4 rings (SSSR count). The first-order chi connectivity index (χ1) is 12.2. The van der Waals surface area contributed by atoms with Gasteiger partial charge in [-0.05, 0) is 35.6 Å². The Morgan fingerprint density at radius 3 is 3.04 bits per heavy atom. The summed E-state index contributed by atoms with van der Waals surface area (Å²) >= 11 is 9.63. The van der Waals surface area contributed by atoms with E-state index in [0.29, 0.717) is 6.04 Å². The molecule has 4 nitrogen and oxygen atoms in total. The van der Waals surface area contributed by atoms with E-state index in [2.05, 4.69) is 27.5 Å². The number of fused-ring (bicyclic) bond motifs is 2. The Labute approximate surface area is 186 Å². The van der Waals surface area contributed by atoms with Gasteiger partial charge in [0.2, 0.25) is 0 Å². The van der Waals surface area contributed by atoms with E-state index in [0.717, 1.165) is 39.9 Å². The number of halogens is 3. The number of unbranched alkanes of at least 4 members (excludes halogenated alkanes) is 1. The molecule has 1 aromatic rings. The fourth-order valence-electron chi connectivity index (χ4n) is 3.10. The van der Waals surface area contributed by atoms with Crippen molar-refractivity contribution in [1.29, 1.82) is 0 Å². The lowest BCUT2D eigenvalue weighted by molar-refractivity contribution is 0.519. The Bertz CT molecular complexity index is 767. The minimum Gasteiger partial charge on any atom is -0.360 e. The average molecular weight is 466 g/mol. The van der Waals surface area contributed by atoms with Crippen LogP contribution in [0.5, 0.6) is 0 Å². The number of thioether (sulfide) groups is 2. The van der Waals surface area contributed by atoms with E-state index in [9.17, 15) is 0 Å². The Morgan fingerprint density at radius 1 is 1.37 bits per heavy atom. The van der Waals surface area contributed by atoms with Gasteiger partial charge in [-0.25, -0.2) is 4.99 Å². The Hall–Kier alpha value is -0.530. The summed E-state index contributed by atoms with van der Waals surface area (Å²) in [5, 5.41) is 8.68. The van der Waals surface area contributed by atoms with Crippen molar-refractivity contribution in [3.8, 4) is 0 Å². The molecule has 3 aliphatic heterocycles. The molecule has 3 aliphatic rings. The fourth-order valence-corrected chi connectivity index (χ4v) is 5.26. The maximum atomic E-state index is 6.14. The van der Waals surface area contributed by atoms with Crippen molar-refractivity contribution in [2.45, 2.75) is 38.8 Å². The molecule has 1 aromatic carbocycles. The van der Waals surface area contributed by atoms with Crippen LogP contribution in [0.15, 0.2) is 39.3 Å². The summed E-state index contributed by atoms with van der Waals surface area (Å²) in [6.45, 7) is 3.99. The number of aliphatic imine (C=N–C) groups is 2. The molecule has 148 valence electrons. The van der Waals surface area contributed by atoms with Gasteiger partial charge in [-0.1, -0.05) is 54.9 Å². The lowest BCUT2D eigenvalue weighted by Gasteiger charge is -2.27. The molecule has 3 heterocycles. The third-order valence-corrected chi connectivity index (χ3v) is 6.62. The van der Waals surface area contributed by atoms with E-state index in [1.165, 1.54) is 30.5 Å². The number of benzene rings is 1. The summed E-state index contributed by atoms with van der Waals surface area (Å²) in [7, 11) is 0. The second-order valence-corrected chi connectivity index (χ2v) is 8.64. The Balaban J connectivity index is 0.00000131. The molecular weight excluding hydrogens is 443 g/mol. The van der Waals surface area contributed by atoms with Crippen molar-refractivity contribution >= 4 is 76.0 Å². The van der Waals surface area contributed by atoms with Gasteiger partial charge in [0.15, 0.2) is 10.3 Å². The first-order valence-corrected chi connectivity index (χ1v) is 10.9. The van der Waals surface area contributed by atoms with E-state index in [-0.39, 0.29) is 24.8 Å². The molecule has 0 aliphatic carbocycles. The van der Waals surface area contributed by atoms with Crippen LogP contribution in [0.1, 0.15) is 31.7 Å². The zero-order valence-corrected chi connectivity index (χ0v) is 19.0. The van der Waals surface area contributed by atoms with Crippen LogP contribution >= 0.6 is 59.9 Å². The first kappa shape index (κ1) is 22.8. The average Bonchev–Trinajstić information content (AvgIpc) is 3.22. The molecule has 1 atom stereocenters. The smallest absolute Gasteiger partial charge is 0.173 e. The molecular formula is C18H23Cl3N4S2. The SMILES string of the molecule is CCCCC1CN=C(SCC2=CSC3=Nc4ccc(Cl)cc4CN23)N1.Cl.Cl. The Kier molecular flexibility index (Phi) is 8.69. The van der Waals surface area contributed by atoms with Crippen molar-refractivity contribution in [1.82, 2.24) is 10.2 Å². The maximum absolute atomic E-state index is 6.14. The van der Waals surface area contributed by atoms with E-state index < -0.39 is 0 Å². The van der Waals surface area contributed by atoms with Gasteiger partial charge < -0.3 is 10.2 Å². The number of nitrogens with zero attached hydrogens (tertiary/aromatic N) is 3. The van der Waals surface area contributed by atoms with Gasteiger partial charge in [0, 0.05) is 22.5 Å². The van der Waals surface area contributed by atoms with Crippen molar-refractivity contribution < 1.29 is 0 Å². The highest BCUT2D eigenvalue weighted by molar-refractivity contribution is 8.17. The second-order valence-electron chi connectivity index (χ2n) is 6.40. The van der Waals surface area contributed by atoms with E-state index >= 15 is 0 Å².